The third-order valence-electron chi connectivity index (χ3n) is 2.68. The van der Waals surface area contributed by atoms with Crippen molar-refractivity contribution in [2.45, 2.75) is 11.4 Å². The molecule has 0 unspecified atom stereocenters. The molecular weight excluding hydrogens is 297 g/mol. The molecule has 0 aliphatic rings. The number of nitrogen functional groups attached to an aromatic ring is 1. The van der Waals surface area contributed by atoms with Crippen LogP contribution in [0, 0.1) is 5.82 Å². The lowest BCUT2D eigenvalue weighted by Gasteiger charge is -2.08. The van der Waals surface area contributed by atoms with E-state index in [0.717, 1.165) is 18.0 Å². The van der Waals surface area contributed by atoms with Crippen LogP contribution in [0.3, 0.4) is 0 Å². The molecule has 0 fully saturated rings. The van der Waals surface area contributed by atoms with Crippen LogP contribution < -0.4 is 16.6 Å². The van der Waals surface area contributed by atoms with Crippen LogP contribution in [0.1, 0.15) is 5.56 Å². The van der Waals surface area contributed by atoms with Crippen molar-refractivity contribution in [3.8, 4) is 0 Å². The van der Waals surface area contributed by atoms with Gasteiger partial charge >= 0.3 is 0 Å². The molecule has 21 heavy (non-hydrogen) atoms. The number of nitrogens with zero attached hydrogens (tertiary/aromatic N) is 2. The molecule has 0 spiro atoms. The van der Waals surface area contributed by atoms with E-state index in [1.54, 1.807) is 12.1 Å². The summed E-state index contributed by atoms with van der Waals surface area (Å²) in [5.74, 6) is 4.64. The first-order valence-corrected chi connectivity index (χ1v) is 7.81. The van der Waals surface area contributed by atoms with Crippen molar-refractivity contribution in [1.82, 2.24) is 9.97 Å². The maximum Gasteiger partial charge on any atom is 0.239 e. The van der Waals surface area contributed by atoms with E-state index in [-0.39, 0.29) is 23.2 Å². The first-order valence-electron chi connectivity index (χ1n) is 5.92. The summed E-state index contributed by atoms with van der Waals surface area (Å²) in [6.45, 7) is 0.280. The zero-order valence-electron chi connectivity index (χ0n) is 11.2. The van der Waals surface area contributed by atoms with Crippen molar-refractivity contribution < 1.29 is 12.8 Å². The summed E-state index contributed by atoms with van der Waals surface area (Å²) in [4.78, 5) is 7.69. The molecule has 0 atom stereocenters. The van der Waals surface area contributed by atoms with Crippen LogP contribution in [0.2, 0.25) is 0 Å². The van der Waals surface area contributed by atoms with Crippen LogP contribution in [-0.4, -0.2) is 24.6 Å². The highest BCUT2D eigenvalue weighted by Crippen LogP contribution is 2.14. The fourth-order valence-corrected chi connectivity index (χ4v) is 2.23. The molecule has 1 aromatic carbocycles. The van der Waals surface area contributed by atoms with Crippen LogP contribution in [0.4, 0.5) is 16.2 Å². The lowest BCUT2D eigenvalue weighted by Crippen LogP contribution is -2.13. The minimum Gasteiger partial charge on any atom is -0.363 e. The second kappa shape index (κ2) is 6.02. The molecule has 9 heteroatoms. The number of hydrazine groups is 1. The Morgan fingerprint density at radius 3 is 2.52 bits per heavy atom. The van der Waals surface area contributed by atoms with E-state index in [2.05, 4.69) is 20.7 Å². The van der Waals surface area contributed by atoms with Gasteiger partial charge in [0.15, 0.2) is 21.5 Å². The predicted octanol–water partition coefficient (Wildman–Crippen LogP) is 0.917. The van der Waals surface area contributed by atoms with Gasteiger partial charge in [0, 0.05) is 12.8 Å². The number of benzene rings is 1. The highest BCUT2D eigenvalue weighted by Gasteiger charge is 2.08. The number of hydrogen-bond acceptors (Lipinski definition) is 7. The number of hydrogen-bond donors (Lipinski definition) is 3. The van der Waals surface area contributed by atoms with Crippen LogP contribution in [0.25, 0.3) is 0 Å². The molecule has 0 bridgehead atoms. The Morgan fingerprint density at radius 1 is 1.29 bits per heavy atom. The van der Waals surface area contributed by atoms with E-state index >= 15 is 0 Å². The zero-order valence-corrected chi connectivity index (χ0v) is 12.0. The molecule has 0 aliphatic heterocycles. The number of rotatable bonds is 5. The SMILES string of the molecule is CS(=O)(=O)c1ccc(CNc2nc(NN)ncc2F)cc1. The quantitative estimate of drug-likeness (QED) is 0.556. The third kappa shape index (κ3) is 3.86. The smallest absolute Gasteiger partial charge is 0.239 e. The predicted molar refractivity (Wildman–Crippen MR) is 76.7 cm³/mol. The van der Waals surface area contributed by atoms with E-state index in [9.17, 15) is 12.8 Å². The number of aromatic nitrogens is 2. The van der Waals surface area contributed by atoms with E-state index in [1.165, 1.54) is 12.1 Å². The second-order valence-corrected chi connectivity index (χ2v) is 6.32. The molecule has 2 aromatic rings. The molecule has 0 radical (unpaired) electrons. The van der Waals surface area contributed by atoms with Crippen LogP contribution in [-0.2, 0) is 16.4 Å². The highest BCUT2D eigenvalue weighted by molar-refractivity contribution is 7.90. The van der Waals surface area contributed by atoms with Crippen molar-refractivity contribution in [3.05, 3.63) is 41.8 Å². The van der Waals surface area contributed by atoms with Gasteiger partial charge in [0.05, 0.1) is 11.1 Å². The van der Waals surface area contributed by atoms with Crippen molar-refractivity contribution in [2.75, 3.05) is 17.0 Å². The van der Waals surface area contributed by atoms with E-state index in [0.29, 0.717) is 0 Å². The Balaban J connectivity index is 2.10. The van der Waals surface area contributed by atoms with E-state index in [4.69, 9.17) is 5.84 Å². The molecular formula is C12H14FN5O2S. The van der Waals surface area contributed by atoms with Crippen LogP contribution in [0.5, 0.6) is 0 Å². The van der Waals surface area contributed by atoms with Crippen molar-refractivity contribution in [3.63, 3.8) is 0 Å². The minimum absolute atomic E-state index is 0.00476. The molecule has 0 aliphatic carbocycles. The largest absolute Gasteiger partial charge is 0.363 e. The number of sulfone groups is 1. The number of nitrogens with two attached hydrogens (primary N) is 1. The Labute approximate surface area is 121 Å². The maximum absolute atomic E-state index is 13.5. The van der Waals surface area contributed by atoms with Gasteiger partial charge in [0.1, 0.15) is 0 Å². The van der Waals surface area contributed by atoms with Crippen LogP contribution in [0.15, 0.2) is 35.4 Å². The summed E-state index contributed by atoms with van der Waals surface area (Å²) in [7, 11) is -3.23. The number of halogens is 1. The van der Waals surface area contributed by atoms with E-state index in [1.807, 2.05) is 0 Å². The minimum atomic E-state index is -3.23. The van der Waals surface area contributed by atoms with Gasteiger partial charge < -0.3 is 5.32 Å². The second-order valence-electron chi connectivity index (χ2n) is 4.30. The maximum atomic E-state index is 13.5. The molecule has 1 heterocycles. The summed E-state index contributed by atoms with van der Waals surface area (Å²) in [5.41, 5.74) is 3.00. The fraction of sp³-hybridized carbons (Fsp3) is 0.167. The molecule has 1 aromatic heterocycles. The van der Waals surface area contributed by atoms with Crippen molar-refractivity contribution in [2.24, 2.45) is 5.84 Å². The molecule has 7 nitrogen and oxygen atoms in total. The third-order valence-corrected chi connectivity index (χ3v) is 3.81. The van der Waals surface area contributed by atoms with Gasteiger partial charge in [-0.05, 0) is 17.7 Å². The van der Waals surface area contributed by atoms with Gasteiger partial charge in [-0.1, -0.05) is 12.1 Å². The van der Waals surface area contributed by atoms with Gasteiger partial charge in [-0.25, -0.2) is 23.6 Å². The van der Waals surface area contributed by atoms with Gasteiger partial charge in [0.2, 0.25) is 5.95 Å². The molecule has 0 saturated heterocycles. The summed E-state index contributed by atoms with van der Waals surface area (Å²) in [6, 6.07) is 6.28. The average molecular weight is 311 g/mol. The van der Waals surface area contributed by atoms with Crippen molar-refractivity contribution in [1.29, 1.82) is 0 Å². The lowest BCUT2D eigenvalue weighted by atomic mass is 10.2. The lowest BCUT2D eigenvalue weighted by molar-refractivity contribution is 0.602. The van der Waals surface area contributed by atoms with Gasteiger partial charge in [-0.3, -0.25) is 5.43 Å². The Hall–Kier alpha value is -2.26. The summed E-state index contributed by atoms with van der Waals surface area (Å²) in [5, 5.41) is 2.79. The highest BCUT2D eigenvalue weighted by atomic mass is 32.2. The topological polar surface area (TPSA) is 110 Å². The average Bonchev–Trinajstić information content (AvgIpc) is 2.46. The Morgan fingerprint density at radius 2 is 1.95 bits per heavy atom. The zero-order chi connectivity index (χ0) is 15.5. The number of nitrogens with one attached hydrogen (secondary N) is 2. The van der Waals surface area contributed by atoms with Gasteiger partial charge in [-0.15, -0.1) is 0 Å². The molecule has 0 saturated carbocycles. The standard InChI is InChI=1S/C12H14FN5O2S/c1-21(19,20)9-4-2-8(3-5-9)6-15-11-10(13)7-16-12(17-11)18-14/h2-5,7H,6,14H2,1H3,(H2,15,16,17,18). The molecule has 2 rings (SSSR count). The van der Waals surface area contributed by atoms with Gasteiger partial charge in [-0.2, -0.15) is 4.98 Å². The fourth-order valence-electron chi connectivity index (χ4n) is 1.60. The summed E-state index contributed by atoms with van der Waals surface area (Å²) >= 11 is 0. The van der Waals surface area contributed by atoms with Crippen molar-refractivity contribution >= 4 is 21.6 Å². The number of anilines is 2. The summed E-state index contributed by atoms with van der Waals surface area (Å²) < 4.78 is 36.2. The van der Waals surface area contributed by atoms with Crippen LogP contribution >= 0.6 is 0 Å². The molecule has 4 N–H and O–H groups in total. The van der Waals surface area contributed by atoms with E-state index < -0.39 is 15.7 Å². The first-order chi connectivity index (χ1) is 9.90. The summed E-state index contributed by atoms with van der Waals surface area (Å²) in [6.07, 6.45) is 2.13. The molecule has 112 valence electrons. The Bertz CT molecular complexity index is 734. The normalized spacial score (nSPS) is 11.2. The van der Waals surface area contributed by atoms with Gasteiger partial charge in [0.25, 0.3) is 0 Å². The molecule has 0 amide bonds. The monoisotopic (exact) mass is 311 g/mol. The first kappa shape index (κ1) is 15.1. The Kier molecular flexibility index (Phi) is 4.34.